The lowest BCUT2D eigenvalue weighted by Crippen LogP contribution is -2.45. The summed E-state index contributed by atoms with van der Waals surface area (Å²) < 4.78 is 16.3. The van der Waals surface area contributed by atoms with Crippen molar-refractivity contribution in [2.75, 3.05) is 6.61 Å². The number of amides is 1. The Hall–Kier alpha value is -4.28. The molecule has 3 aromatic rings. The summed E-state index contributed by atoms with van der Waals surface area (Å²) in [6, 6.07) is 11.4. The Bertz CT molecular complexity index is 1160. The van der Waals surface area contributed by atoms with Gasteiger partial charge in [-0.25, -0.2) is 4.79 Å². The third kappa shape index (κ3) is 5.94. The van der Waals surface area contributed by atoms with Gasteiger partial charge in [0.25, 0.3) is 17.5 Å². The molecule has 11 nitrogen and oxygen atoms in total. The van der Waals surface area contributed by atoms with E-state index in [-0.39, 0.29) is 30.0 Å². The molecule has 1 N–H and O–H groups in total. The number of carbonyl (C=O) groups is 2. The molecule has 1 heterocycles. The number of nitrogens with one attached hydrogen (secondary N) is 1. The molecule has 0 radical (unpaired) electrons. The van der Waals surface area contributed by atoms with Gasteiger partial charge >= 0.3 is 5.97 Å². The van der Waals surface area contributed by atoms with E-state index in [1.807, 2.05) is 6.92 Å². The maximum Gasteiger partial charge on any atom is 0.329 e. The lowest BCUT2D eigenvalue weighted by molar-refractivity contribution is -0.384. The summed E-state index contributed by atoms with van der Waals surface area (Å²) in [5, 5.41) is 21.2. The summed E-state index contributed by atoms with van der Waals surface area (Å²) in [6.45, 7) is 5.47. The Morgan fingerprint density at radius 2 is 1.82 bits per heavy atom. The number of aromatic nitrogens is 2. The van der Waals surface area contributed by atoms with Crippen LogP contribution in [-0.2, 0) is 16.1 Å². The van der Waals surface area contributed by atoms with Crippen LogP contribution < -0.4 is 10.1 Å². The number of nitro benzene ring substituents is 1. The zero-order valence-corrected chi connectivity index (χ0v) is 18.9. The monoisotopic (exact) mass is 468 g/mol. The van der Waals surface area contributed by atoms with Crippen LogP contribution in [0.1, 0.15) is 37.0 Å². The fraction of sp³-hybridized carbons (Fsp3) is 0.304. The zero-order valence-electron chi connectivity index (χ0n) is 18.9. The van der Waals surface area contributed by atoms with E-state index in [4.69, 9.17) is 13.9 Å². The molecule has 0 aliphatic rings. The molecular weight excluding hydrogens is 444 g/mol. The molecule has 0 aliphatic carbocycles. The van der Waals surface area contributed by atoms with Gasteiger partial charge in [0.15, 0.2) is 6.61 Å². The van der Waals surface area contributed by atoms with Gasteiger partial charge in [0.1, 0.15) is 11.8 Å². The van der Waals surface area contributed by atoms with E-state index in [1.165, 1.54) is 24.3 Å². The second kappa shape index (κ2) is 11.0. The number of carbonyl (C=O) groups excluding carboxylic acids is 2. The van der Waals surface area contributed by atoms with E-state index >= 15 is 0 Å². The molecule has 2 aromatic carbocycles. The van der Waals surface area contributed by atoms with Crippen molar-refractivity contribution in [1.82, 2.24) is 15.5 Å². The van der Waals surface area contributed by atoms with Gasteiger partial charge in [-0.15, -0.1) is 10.2 Å². The molecule has 0 fully saturated rings. The van der Waals surface area contributed by atoms with Gasteiger partial charge < -0.3 is 19.2 Å². The molecule has 1 amide bonds. The predicted molar refractivity (Wildman–Crippen MR) is 120 cm³/mol. The number of ether oxygens (including phenoxy) is 2. The van der Waals surface area contributed by atoms with Gasteiger partial charge in [-0.05, 0) is 37.1 Å². The van der Waals surface area contributed by atoms with Crippen LogP contribution in [0, 0.1) is 16.0 Å². The first kappa shape index (κ1) is 24.4. The molecule has 1 aromatic heterocycles. The average molecular weight is 468 g/mol. The fourth-order valence-electron chi connectivity index (χ4n) is 3.03. The Morgan fingerprint density at radius 1 is 1.12 bits per heavy atom. The second-order valence-corrected chi connectivity index (χ2v) is 7.54. The molecule has 1 unspecified atom stereocenters. The number of non-ortho nitro benzene ring substituents is 1. The zero-order chi connectivity index (χ0) is 24.7. The fourth-order valence-corrected chi connectivity index (χ4v) is 3.03. The Kier molecular flexibility index (Phi) is 7.91. The molecule has 1 atom stereocenters. The van der Waals surface area contributed by atoms with E-state index < -0.39 is 22.8 Å². The maximum absolute atomic E-state index is 12.8. The maximum atomic E-state index is 12.8. The largest absolute Gasteiger partial charge is 0.493 e. The minimum Gasteiger partial charge on any atom is -0.493 e. The smallest absolute Gasteiger partial charge is 0.329 e. The highest BCUT2D eigenvalue weighted by Gasteiger charge is 2.28. The van der Waals surface area contributed by atoms with Crippen LogP contribution in [0.15, 0.2) is 52.9 Å². The van der Waals surface area contributed by atoms with Gasteiger partial charge in [0, 0.05) is 17.7 Å². The molecule has 0 saturated carbocycles. The third-order valence-corrected chi connectivity index (χ3v) is 4.77. The van der Waals surface area contributed by atoms with Gasteiger partial charge in [-0.2, -0.15) is 0 Å². The quantitative estimate of drug-likeness (QED) is 0.268. The van der Waals surface area contributed by atoms with Gasteiger partial charge in [-0.1, -0.05) is 26.0 Å². The van der Waals surface area contributed by atoms with Crippen molar-refractivity contribution in [3.63, 3.8) is 0 Å². The Morgan fingerprint density at radius 3 is 2.47 bits per heavy atom. The van der Waals surface area contributed by atoms with Crippen LogP contribution in [0.25, 0.3) is 11.5 Å². The van der Waals surface area contributed by atoms with Crippen molar-refractivity contribution in [2.45, 2.75) is 33.4 Å². The Labute approximate surface area is 195 Å². The summed E-state index contributed by atoms with van der Waals surface area (Å²) in [7, 11) is 0. The highest BCUT2D eigenvalue weighted by molar-refractivity contribution is 5.99. The first-order valence-electron chi connectivity index (χ1n) is 10.6. The average Bonchev–Trinajstić information content (AvgIpc) is 3.30. The molecule has 0 aliphatic heterocycles. The molecule has 178 valence electrons. The van der Waals surface area contributed by atoms with Crippen molar-refractivity contribution < 1.29 is 28.4 Å². The van der Waals surface area contributed by atoms with E-state index in [1.54, 1.807) is 38.1 Å². The number of benzene rings is 2. The van der Waals surface area contributed by atoms with E-state index in [2.05, 4.69) is 15.5 Å². The first-order chi connectivity index (χ1) is 16.3. The highest BCUT2D eigenvalue weighted by Crippen LogP contribution is 2.22. The predicted octanol–water partition coefficient (Wildman–Crippen LogP) is 3.54. The van der Waals surface area contributed by atoms with E-state index in [9.17, 15) is 19.7 Å². The van der Waals surface area contributed by atoms with Crippen LogP contribution in [0.2, 0.25) is 0 Å². The SMILES string of the molecule is CCOc1ccccc1C(=O)NC(C(=O)OCc1nnc(-c2ccc([N+](=O)[O-])cc2)o1)C(C)C. The van der Waals surface area contributed by atoms with Gasteiger partial charge in [-0.3, -0.25) is 14.9 Å². The van der Waals surface area contributed by atoms with Gasteiger partial charge in [0.2, 0.25) is 5.89 Å². The number of hydrogen-bond acceptors (Lipinski definition) is 9. The van der Waals surface area contributed by atoms with Crippen molar-refractivity contribution in [3.05, 3.63) is 70.1 Å². The van der Waals surface area contributed by atoms with Crippen LogP contribution in [0.5, 0.6) is 5.75 Å². The lowest BCUT2D eigenvalue weighted by Gasteiger charge is -2.21. The van der Waals surface area contributed by atoms with Crippen molar-refractivity contribution >= 4 is 17.6 Å². The summed E-state index contributed by atoms with van der Waals surface area (Å²) in [5.74, 6) is -0.790. The van der Waals surface area contributed by atoms with Crippen LogP contribution >= 0.6 is 0 Å². The number of para-hydroxylation sites is 1. The summed E-state index contributed by atoms with van der Waals surface area (Å²) in [5.41, 5.74) is 0.728. The third-order valence-electron chi connectivity index (χ3n) is 4.77. The van der Waals surface area contributed by atoms with E-state index in [0.29, 0.717) is 23.5 Å². The number of esters is 1. The molecule has 0 spiro atoms. The first-order valence-corrected chi connectivity index (χ1v) is 10.6. The normalized spacial score (nSPS) is 11.6. The number of rotatable bonds is 10. The van der Waals surface area contributed by atoms with Crippen LogP contribution in [0.3, 0.4) is 0 Å². The molecular formula is C23H24N4O7. The van der Waals surface area contributed by atoms with Crippen molar-refractivity contribution in [1.29, 1.82) is 0 Å². The molecule has 0 bridgehead atoms. The van der Waals surface area contributed by atoms with Crippen LogP contribution in [0.4, 0.5) is 5.69 Å². The summed E-state index contributed by atoms with van der Waals surface area (Å²) in [4.78, 5) is 35.7. The lowest BCUT2D eigenvalue weighted by atomic mass is 10.0. The summed E-state index contributed by atoms with van der Waals surface area (Å²) >= 11 is 0. The standard InChI is InChI=1S/C23H24N4O7/c1-4-32-18-8-6-5-7-17(18)21(28)24-20(14(2)3)23(29)33-13-19-25-26-22(34-19)15-9-11-16(12-10-15)27(30)31/h5-12,14,20H,4,13H2,1-3H3,(H,24,28). The van der Waals surface area contributed by atoms with Crippen molar-refractivity contribution in [2.24, 2.45) is 5.92 Å². The Balaban J connectivity index is 1.63. The molecule has 11 heteroatoms. The summed E-state index contributed by atoms with van der Waals surface area (Å²) in [6.07, 6.45) is 0. The molecule has 34 heavy (non-hydrogen) atoms. The number of hydrogen-bond donors (Lipinski definition) is 1. The highest BCUT2D eigenvalue weighted by atomic mass is 16.6. The van der Waals surface area contributed by atoms with Crippen LogP contribution in [-0.4, -0.2) is 39.6 Å². The topological polar surface area (TPSA) is 147 Å². The number of nitro groups is 1. The minimum absolute atomic E-state index is 0.0391. The van der Waals surface area contributed by atoms with Crippen molar-refractivity contribution in [3.8, 4) is 17.2 Å². The molecule has 0 saturated heterocycles. The number of nitrogens with zero attached hydrogens (tertiary/aromatic N) is 3. The van der Waals surface area contributed by atoms with Gasteiger partial charge in [0.05, 0.1) is 17.1 Å². The molecule has 3 rings (SSSR count). The second-order valence-electron chi connectivity index (χ2n) is 7.54. The van der Waals surface area contributed by atoms with E-state index in [0.717, 1.165) is 0 Å². The minimum atomic E-state index is -0.917.